The average molecular weight is 233 g/mol. The highest BCUT2D eigenvalue weighted by molar-refractivity contribution is 5.66. The van der Waals surface area contributed by atoms with Gasteiger partial charge in [0.1, 0.15) is 6.33 Å². The predicted octanol–water partition coefficient (Wildman–Crippen LogP) is 1.34. The molecule has 0 spiro atoms. The van der Waals surface area contributed by atoms with Crippen LogP contribution in [0.4, 0.5) is 5.82 Å². The van der Waals surface area contributed by atoms with Gasteiger partial charge in [-0.1, -0.05) is 6.92 Å². The van der Waals surface area contributed by atoms with E-state index in [0.717, 1.165) is 18.8 Å². The van der Waals surface area contributed by atoms with E-state index in [1.54, 1.807) is 13.3 Å². The van der Waals surface area contributed by atoms with E-state index < -0.39 is 0 Å². The molecular formula is C11H15N5O. The third-order valence-corrected chi connectivity index (χ3v) is 2.43. The van der Waals surface area contributed by atoms with Gasteiger partial charge < -0.3 is 15.0 Å². The molecule has 0 radical (unpaired) electrons. The highest BCUT2D eigenvalue weighted by atomic mass is 16.5. The van der Waals surface area contributed by atoms with E-state index in [4.69, 9.17) is 10.5 Å². The van der Waals surface area contributed by atoms with E-state index in [1.807, 2.05) is 10.8 Å². The molecule has 0 saturated carbocycles. The zero-order valence-corrected chi connectivity index (χ0v) is 9.92. The smallest absolute Gasteiger partial charge is 0.190 e. The molecule has 90 valence electrons. The monoisotopic (exact) mass is 233 g/mol. The molecule has 2 rings (SSSR count). The topological polar surface area (TPSA) is 78.9 Å². The highest BCUT2D eigenvalue weighted by Crippen LogP contribution is 2.29. The minimum atomic E-state index is 0.323. The van der Waals surface area contributed by atoms with Gasteiger partial charge in [0.25, 0.3) is 0 Å². The van der Waals surface area contributed by atoms with Crippen LogP contribution in [-0.4, -0.2) is 26.6 Å². The largest absolute Gasteiger partial charge is 0.491 e. The summed E-state index contributed by atoms with van der Waals surface area (Å²) < 4.78 is 7.25. The molecule has 0 aliphatic rings. The van der Waals surface area contributed by atoms with E-state index in [-0.39, 0.29) is 0 Å². The number of nitrogens with two attached hydrogens (primary N) is 1. The summed E-state index contributed by atoms with van der Waals surface area (Å²) in [5.74, 6) is 1.54. The summed E-state index contributed by atoms with van der Waals surface area (Å²) in [6.45, 7) is 2.98. The molecule has 0 amide bonds. The van der Waals surface area contributed by atoms with E-state index in [2.05, 4.69) is 21.9 Å². The molecular weight excluding hydrogens is 218 g/mol. The van der Waals surface area contributed by atoms with Crippen molar-refractivity contribution < 1.29 is 4.74 Å². The van der Waals surface area contributed by atoms with Gasteiger partial charge in [-0.05, 0) is 6.42 Å². The van der Waals surface area contributed by atoms with Crippen LogP contribution in [0.2, 0.25) is 0 Å². The van der Waals surface area contributed by atoms with Crippen molar-refractivity contribution in [3.8, 4) is 17.3 Å². The number of nitrogen functional groups attached to an aromatic ring is 1. The Hall–Kier alpha value is -2.11. The van der Waals surface area contributed by atoms with Crippen molar-refractivity contribution in [1.82, 2.24) is 19.5 Å². The second kappa shape index (κ2) is 4.82. The van der Waals surface area contributed by atoms with Crippen LogP contribution >= 0.6 is 0 Å². The number of aryl methyl sites for hydroxylation is 1. The van der Waals surface area contributed by atoms with Crippen LogP contribution in [-0.2, 0) is 6.54 Å². The van der Waals surface area contributed by atoms with Crippen LogP contribution in [0.3, 0.4) is 0 Å². The molecule has 0 aliphatic carbocycles. The average Bonchev–Trinajstić information content (AvgIpc) is 2.77. The minimum Gasteiger partial charge on any atom is -0.491 e. The van der Waals surface area contributed by atoms with Crippen molar-refractivity contribution in [1.29, 1.82) is 0 Å². The first-order valence-corrected chi connectivity index (χ1v) is 5.43. The van der Waals surface area contributed by atoms with E-state index in [9.17, 15) is 0 Å². The number of hydrogen-bond donors (Lipinski definition) is 1. The third-order valence-electron chi connectivity index (χ3n) is 2.43. The van der Waals surface area contributed by atoms with Gasteiger partial charge >= 0.3 is 0 Å². The number of imidazole rings is 1. The lowest BCUT2D eigenvalue weighted by Gasteiger charge is -2.10. The zero-order valence-electron chi connectivity index (χ0n) is 9.92. The standard InChI is InChI=1S/C11H15N5O/c1-3-5-16-6-4-13-11(16)8-9(17-2)10(12)15-7-14-8/h4,6-7H,3,5H2,1-2H3,(H2,12,14,15). The molecule has 2 heterocycles. The number of anilines is 1. The van der Waals surface area contributed by atoms with Gasteiger partial charge in [0.2, 0.25) is 0 Å². The summed E-state index contributed by atoms with van der Waals surface area (Å²) in [5, 5.41) is 0. The molecule has 6 heteroatoms. The van der Waals surface area contributed by atoms with Crippen molar-refractivity contribution in [2.24, 2.45) is 0 Å². The Morgan fingerprint density at radius 3 is 2.88 bits per heavy atom. The normalized spacial score (nSPS) is 10.5. The lowest BCUT2D eigenvalue weighted by atomic mass is 10.3. The lowest BCUT2D eigenvalue weighted by molar-refractivity contribution is 0.414. The van der Waals surface area contributed by atoms with Crippen LogP contribution in [0.1, 0.15) is 13.3 Å². The van der Waals surface area contributed by atoms with Gasteiger partial charge in [-0.15, -0.1) is 0 Å². The molecule has 2 aromatic heterocycles. The number of ether oxygens (including phenoxy) is 1. The van der Waals surface area contributed by atoms with Crippen molar-refractivity contribution >= 4 is 5.82 Å². The second-order valence-corrected chi connectivity index (χ2v) is 3.59. The maximum absolute atomic E-state index is 5.75. The summed E-state index contributed by atoms with van der Waals surface area (Å²) in [4.78, 5) is 12.4. The van der Waals surface area contributed by atoms with Crippen LogP contribution < -0.4 is 10.5 Å². The summed E-state index contributed by atoms with van der Waals surface area (Å²) in [6, 6.07) is 0. The van der Waals surface area contributed by atoms with Gasteiger partial charge in [0.15, 0.2) is 23.1 Å². The second-order valence-electron chi connectivity index (χ2n) is 3.59. The highest BCUT2D eigenvalue weighted by Gasteiger charge is 2.15. The molecule has 0 aromatic carbocycles. The van der Waals surface area contributed by atoms with Crippen LogP contribution in [0, 0.1) is 0 Å². The van der Waals surface area contributed by atoms with Gasteiger partial charge in [0.05, 0.1) is 7.11 Å². The number of hydrogen-bond acceptors (Lipinski definition) is 5. The lowest BCUT2D eigenvalue weighted by Crippen LogP contribution is -2.04. The number of rotatable bonds is 4. The van der Waals surface area contributed by atoms with Crippen molar-refractivity contribution in [2.45, 2.75) is 19.9 Å². The summed E-state index contributed by atoms with van der Waals surface area (Å²) in [5.41, 5.74) is 6.37. The van der Waals surface area contributed by atoms with Crippen LogP contribution in [0.15, 0.2) is 18.7 Å². The van der Waals surface area contributed by atoms with Gasteiger partial charge in [-0.25, -0.2) is 15.0 Å². The van der Waals surface area contributed by atoms with Crippen molar-refractivity contribution in [3.05, 3.63) is 18.7 Å². The third kappa shape index (κ3) is 2.06. The predicted molar refractivity (Wildman–Crippen MR) is 64.5 cm³/mol. The Kier molecular flexibility index (Phi) is 3.22. The first-order valence-electron chi connectivity index (χ1n) is 5.43. The maximum atomic E-state index is 5.75. The number of aromatic nitrogens is 4. The quantitative estimate of drug-likeness (QED) is 0.862. The molecule has 0 saturated heterocycles. The molecule has 2 aromatic rings. The summed E-state index contributed by atoms with van der Waals surface area (Å²) in [7, 11) is 1.55. The Balaban J connectivity index is 2.52. The zero-order chi connectivity index (χ0) is 12.3. The molecule has 0 atom stereocenters. The molecule has 17 heavy (non-hydrogen) atoms. The Bertz CT molecular complexity index is 508. The minimum absolute atomic E-state index is 0.323. The Morgan fingerprint density at radius 2 is 2.18 bits per heavy atom. The van der Waals surface area contributed by atoms with Gasteiger partial charge in [0, 0.05) is 18.9 Å². The number of methoxy groups -OCH3 is 1. The van der Waals surface area contributed by atoms with E-state index in [0.29, 0.717) is 17.3 Å². The Labute approximate surface area is 99.5 Å². The fourth-order valence-corrected chi connectivity index (χ4v) is 1.70. The summed E-state index contributed by atoms with van der Waals surface area (Å²) >= 11 is 0. The van der Waals surface area contributed by atoms with Crippen LogP contribution in [0.25, 0.3) is 11.5 Å². The Morgan fingerprint density at radius 1 is 1.35 bits per heavy atom. The molecule has 0 fully saturated rings. The van der Waals surface area contributed by atoms with E-state index >= 15 is 0 Å². The molecule has 0 unspecified atom stereocenters. The van der Waals surface area contributed by atoms with Gasteiger partial charge in [-0.3, -0.25) is 0 Å². The number of nitrogens with zero attached hydrogens (tertiary/aromatic N) is 4. The first-order chi connectivity index (χ1) is 8.27. The van der Waals surface area contributed by atoms with Gasteiger partial charge in [-0.2, -0.15) is 0 Å². The SMILES string of the molecule is CCCn1ccnc1-c1ncnc(N)c1OC. The van der Waals surface area contributed by atoms with E-state index in [1.165, 1.54) is 6.33 Å². The van der Waals surface area contributed by atoms with Crippen molar-refractivity contribution in [2.75, 3.05) is 12.8 Å². The molecule has 6 nitrogen and oxygen atoms in total. The maximum Gasteiger partial charge on any atom is 0.190 e. The summed E-state index contributed by atoms with van der Waals surface area (Å²) in [6.07, 6.45) is 6.09. The molecule has 0 aliphatic heterocycles. The van der Waals surface area contributed by atoms with Crippen LogP contribution in [0.5, 0.6) is 5.75 Å². The fourth-order valence-electron chi connectivity index (χ4n) is 1.70. The molecule has 2 N–H and O–H groups in total. The molecule has 0 bridgehead atoms. The fraction of sp³-hybridized carbons (Fsp3) is 0.364. The first kappa shape index (κ1) is 11.4. The van der Waals surface area contributed by atoms with Crippen molar-refractivity contribution in [3.63, 3.8) is 0 Å².